The van der Waals surface area contributed by atoms with Crippen LogP contribution in [0, 0.1) is 6.92 Å². The Balaban J connectivity index is 1.37. The highest BCUT2D eigenvalue weighted by Crippen LogP contribution is 2.41. The van der Waals surface area contributed by atoms with Crippen LogP contribution in [0.1, 0.15) is 31.5 Å². The van der Waals surface area contributed by atoms with Crippen LogP contribution in [0.5, 0.6) is 0 Å². The maximum atomic E-state index is 6.62. The van der Waals surface area contributed by atoms with E-state index >= 15 is 0 Å². The van der Waals surface area contributed by atoms with Gasteiger partial charge < -0.3 is 13.7 Å². The van der Waals surface area contributed by atoms with Crippen molar-refractivity contribution in [2.75, 3.05) is 6.61 Å². The molecular formula is C43H36N4O2. The molecule has 0 aliphatic heterocycles. The number of ether oxygens (including phenoxy) is 1. The van der Waals surface area contributed by atoms with E-state index in [1.807, 2.05) is 85.8 Å². The fourth-order valence-electron chi connectivity index (χ4n) is 6.74. The summed E-state index contributed by atoms with van der Waals surface area (Å²) < 4.78 is 14.8. The number of fused-ring (bicyclic) bond motifs is 5. The van der Waals surface area contributed by atoms with E-state index in [1.165, 1.54) is 0 Å². The van der Waals surface area contributed by atoms with Crippen molar-refractivity contribution in [3.05, 3.63) is 139 Å². The van der Waals surface area contributed by atoms with Crippen LogP contribution in [0.15, 0.2) is 132 Å². The number of nitrogens with zero attached hydrogens (tertiary/aromatic N) is 4. The van der Waals surface area contributed by atoms with Crippen molar-refractivity contribution >= 4 is 38.9 Å². The molecule has 8 rings (SSSR count). The Morgan fingerprint density at radius 2 is 1.35 bits per heavy atom. The number of furan rings is 1. The number of hydrogen-bond donors (Lipinski definition) is 0. The monoisotopic (exact) mass is 640 g/mol. The summed E-state index contributed by atoms with van der Waals surface area (Å²) in [4.78, 5) is 15.1. The molecule has 0 bridgehead atoms. The third-order valence-electron chi connectivity index (χ3n) is 9.05. The van der Waals surface area contributed by atoms with Crippen LogP contribution >= 0.6 is 0 Å². The third kappa shape index (κ3) is 5.60. The Morgan fingerprint density at radius 3 is 2.06 bits per heavy atom. The predicted molar refractivity (Wildman–Crippen MR) is 200 cm³/mol. The highest BCUT2D eigenvalue weighted by molar-refractivity contribution is 6.17. The van der Waals surface area contributed by atoms with Crippen LogP contribution in [0.25, 0.3) is 78.8 Å². The molecule has 1 atom stereocenters. The van der Waals surface area contributed by atoms with Crippen LogP contribution in [-0.2, 0) is 4.74 Å². The fourth-order valence-corrected chi connectivity index (χ4v) is 6.74. The van der Waals surface area contributed by atoms with Gasteiger partial charge in [0, 0.05) is 45.3 Å². The predicted octanol–water partition coefficient (Wildman–Crippen LogP) is 10.9. The van der Waals surface area contributed by atoms with Gasteiger partial charge in [0.25, 0.3) is 0 Å². The molecule has 0 spiro atoms. The Bertz CT molecular complexity index is 2400. The average molecular weight is 641 g/mol. The Kier molecular flexibility index (Phi) is 8.08. The minimum Gasteiger partial charge on any atom is -0.455 e. The second-order valence-electron chi connectivity index (χ2n) is 12.2. The third-order valence-corrected chi connectivity index (χ3v) is 9.05. The summed E-state index contributed by atoms with van der Waals surface area (Å²) in [7, 11) is 0. The summed E-state index contributed by atoms with van der Waals surface area (Å²) in [5.41, 5.74) is 8.77. The second kappa shape index (κ2) is 13.0. The van der Waals surface area contributed by atoms with E-state index in [2.05, 4.69) is 73.0 Å². The second-order valence-corrected chi connectivity index (χ2v) is 12.2. The van der Waals surface area contributed by atoms with Gasteiger partial charge in [-0.3, -0.25) is 0 Å². The average Bonchev–Trinajstić information content (AvgIpc) is 3.66. The molecular weight excluding hydrogens is 604 g/mol. The first-order chi connectivity index (χ1) is 24.1. The van der Waals surface area contributed by atoms with Crippen LogP contribution in [0.3, 0.4) is 0 Å². The standard InChI is InChI=1S/C43H36N4O2/c1-4-48-28(2)16-15-23-32-29(3)47(37-27-26-34-33-21-12-14-25-38(33)49-40(34)39(32)37)36-24-13-11-22-35(36)43-45-41(30-17-7-5-8-18-30)44-42(46-43)31-19-9-6-10-20-31/h5-15,17-28H,4,16H2,1-3H3/b23-15-. The molecule has 5 aromatic carbocycles. The van der Waals surface area contributed by atoms with Crippen LogP contribution in [0.2, 0.25) is 0 Å². The molecule has 0 amide bonds. The summed E-state index contributed by atoms with van der Waals surface area (Å²) in [6, 6.07) is 41.2. The summed E-state index contributed by atoms with van der Waals surface area (Å²) in [5.74, 6) is 1.87. The molecule has 0 aliphatic carbocycles. The lowest BCUT2D eigenvalue weighted by Crippen LogP contribution is -2.05. The summed E-state index contributed by atoms with van der Waals surface area (Å²) >= 11 is 0. The van der Waals surface area contributed by atoms with Gasteiger partial charge in [0.05, 0.1) is 22.7 Å². The topological polar surface area (TPSA) is 66.0 Å². The highest BCUT2D eigenvalue weighted by Gasteiger charge is 2.23. The molecule has 0 saturated carbocycles. The fraction of sp³-hybridized carbons (Fsp3) is 0.140. The van der Waals surface area contributed by atoms with Gasteiger partial charge in [-0.15, -0.1) is 0 Å². The lowest BCUT2D eigenvalue weighted by molar-refractivity contribution is 0.0788. The summed E-state index contributed by atoms with van der Waals surface area (Å²) in [6.45, 7) is 7.01. The molecule has 6 heteroatoms. The number of para-hydroxylation sites is 2. The normalized spacial score (nSPS) is 12.5. The molecule has 1 unspecified atom stereocenters. The van der Waals surface area contributed by atoms with E-state index in [0.717, 1.165) is 72.9 Å². The van der Waals surface area contributed by atoms with Crippen molar-refractivity contribution in [1.29, 1.82) is 0 Å². The molecule has 49 heavy (non-hydrogen) atoms. The summed E-state index contributed by atoms with van der Waals surface area (Å²) in [6.07, 6.45) is 5.37. The molecule has 0 saturated heterocycles. The van der Waals surface area contributed by atoms with E-state index in [0.29, 0.717) is 24.1 Å². The SMILES string of the molecule is CCOC(C)C/C=C\c1c(C)n(-c2ccccc2-c2nc(-c3ccccc3)nc(-c3ccccc3)n2)c2ccc3c4ccccc4oc3c12. The molecule has 240 valence electrons. The van der Waals surface area contributed by atoms with Crippen molar-refractivity contribution < 1.29 is 9.15 Å². The van der Waals surface area contributed by atoms with Gasteiger partial charge in [0.15, 0.2) is 17.5 Å². The van der Waals surface area contributed by atoms with Crippen LogP contribution in [0.4, 0.5) is 0 Å². The van der Waals surface area contributed by atoms with E-state index < -0.39 is 0 Å². The summed E-state index contributed by atoms with van der Waals surface area (Å²) in [5, 5.41) is 3.28. The first kappa shape index (κ1) is 30.5. The van der Waals surface area contributed by atoms with Crippen LogP contribution < -0.4 is 0 Å². The smallest absolute Gasteiger partial charge is 0.166 e. The molecule has 0 radical (unpaired) electrons. The minimum absolute atomic E-state index is 0.128. The van der Waals surface area contributed by atoms with E-state index in [-0.39, 0.29) is 6.10 Å². The largest absolute Gasteiger partial charge is 0.455 e. The van der Waals surface area contributed by atoms with Crippen molar-refractivity contribution in [2.24, 2.45) is 0 Å². The van der Waals surface area contributed by atoms with Gasteiger partial charge in [-0.05, 0) is 57.5 Å². The Hall–Kier alpha value is -5.85. The van der Waals surface area contributed by atoms with Gasteiger partial charge in [-0.25, -0.2) is 15.0 Å². The number of rotatable bonds is 9. The van der Waals surface area contributed by atoms with Crippen LogP contribution in [-0.4, -0.2) is 32.2 Å². The molecule has 0 N–H and O–H groups in total. The van der Waals surface area contributed by atoms with Crippen molar-refractivity contribution in [2.45, 2.75) is 33.3 Å². The number of hydrogen-bond acceptors (Lipinski definition) is 5. The zero-order valence-corrected chi connectivity index (χ0v) is 27.8. The van der Waals surface area contributed by atoms with Gasteiger partial charge in [-0.1, -0.05) is 103 Å². The number of benzene rings is 5. The molecule has 8 aromatic rings. The van der Waals surface area contributed by atoms with E-state index in [9.17, 15) is 0 Å². The van der Waals surface area contributed by atoms with Crippen molar-refractivity contribution in [3.8, 4) is 39.9 Å². The van der Waals surface area contributed by atoms with Gasteiger partial charge in [0.2, 0.25) is 0 Å². The molecule has 0 fully saturated rings. The maximum Gasteiger partial charge on any atom is 0.166 e. The Morgan fingerprint density at radius 1 is 0.714 bits per heavy atom. The van der Waals surface area contributed by atoms with E-state index in [1.54, 1.807) is 0 Å². The number of aromatic nitrogens is 4. The van der Waals surface area contributed by atoms with Gasteiger partial charge in [0.1, 0.15) is 11.2 Å². The maximum absolute atomic E-state index is 6.62. The Labute approximate surface area is 285 Å². The zero-order valence-electron chi connectivity index (χ0n) is 27.8. The quantitative estimate of drug-likeness (QED) is 0.157. The van der Waals surface area contributed by atoms with Gasteiger partial charge >= 0.3 is 0 Å². The molecule has 3 aromatic heterocycles. The molecule has 3 heterocycles. The highest BCUT2D eigenvalue weighted by atomic mass is 16.5. The van der Waals surface area contributed by atoms with Crippen molar-refractivity contribution in [3.63, 3.8) is 0 Å². The molecule has 0 aliphatic rings. The van der Waals surface area contributed by atoms with Gasteiger partial charge in [-0.2, -0.15) is 0 Å². The molecule has 6 nitrogen and oxygen atoms in total. The first-order valence-electron chi connectivity index (χ1n) is 16.8. The van der Waals surface area contributed by atoms with E-state index in [4.69, 9.17) is 24.1 Å². The van der Waals surface area contributed by atoms with Crippen molar-refractivity contribution in [1.82, 2.24) is 19.5 Å². The minimum atomic E-state index is 0.128. The zero-order chi connectivity index (χ0) is 33.3. The lowest BCUT2D eigenvalue weighted by Gasteiger charge is -2.15. The lowest BCUT2D eigenvalue weighted by atomic mass is 10.1. The first-order valence-corrected chi connectivity index (χ1v) is 16.8.